The van der Waals surface area contributed by atoms with Crippen molar-refractivity contribution in [2.24, 2.45) is 0 Å². The van der Waals surface area contributed by atoms with E-state index >= 15 is 0 Å². The van der Waals surface area contributed by atoms with Crippen molar-refractivity contribution in [3.05, 3.63) is 68.7 Å². The minimum atomic E-state index is -0.476. The Labute approximate surface area is 151 Å². The molecule has 7 heteroatoms. The highest BCUT2D eigenvalue weighted by molar-refractivity contribution is 6.30. The molecule has 0 saturated heterocycles. The van der Waals surface area contributed by atoms with Crippen LogP contribution < -0.4 is 10.2 Å². The van der Waals surface area contributed by atoms with Gasteiger partial charge in [0.1, 0.15) is 5.69 Å². The van der Waals surface area contributed by atoms with E-state index in [0.29, 0.717) is 17.3 Å². The molecular formula is C18H20ClN3O3. The number of hydrogen-bond acceptors (Lipinski definition) is 4. The second kappa shape index (κ2) is 7.98. The van der Waals surface area contributed by atoms with Crippen molar-refractivity contribution in [3.63, 3.8) is 0 Å². The first-order valence-corrected chi connectivity index (χ1v) is 8.20. The van der Waals surface area contributed by atoms with Crippen molar-refractivity contribution in [1.29, 1.82) is 0 Å². The van der Waals surface area contributed by atoms with E-state index in [0.717, 1.165) is 5.56 Å². The summed E-state index contributed by atoms with van der Waals surface area (Å²) < 4.78 is 0. The standard InChI is InChI=1S/C18H20ClN3O3/c1-12(2)20-18(23)14-7-8-16(17(10-14)22(24)25)21(3)11-13-5-4-6-15(19)9-13/h4-10,12H,11H2,1-3H3,(H,20,23). The molecule has 0 saturated carbocycles. The predicted molar refractivity (Wildman–Crippen MR) is 99.3 cm³/mol. The lowest BCUT2D eigenvalue weighted by atomic mass is 10.1. The summed E-state index contributed by atoms with van der Waals surface area (Å²) in [5, 5.41) is 14.8. The second-order valence-corrected chi connectivity index (χ2v) is 6.51. The van der Waals surface area contributed by atoms with Gasteiger partial charge in [0.15, 0.2) is 0 Å². The number of nitro groups is 1. The van der Waals surface area contributed by atoms with E-state index in [9.17, 15) is 14.9 Å². The number of carbonyl (C=O) groups excluding carboxylic acids is 1. The van der Waals surface area contributed by atoms with E-state index < -0.39 is 4.92 Å². The normalized spacial score (nSPS) is 10.6. The maximum absolute atomic E-state index is 12.1. The van der Waals surface area contributed by atoms with Gasteiger partial charge in [0.2, 0.25) is 0 Å². The van der Waals surface area contributed by atoms with Crippen molar-refractivity contribution in [2.45, 2.75) is 26.4 Å². The highest BCUT2D eigenvalue weighted by Gasteiger charge is 2.20. The van der Waals surface area contributed by atoms with E-state index in [-0.39, 0.29) is 23.2 Å². The van der Waals surface area contributed by atoms with Crippen LogP contribution in [0.25, 0.3) is 0 Å². The van der Waals surface area contributed by atoms with E-state index in [2.05, 4.69) is 5.32 Å². The van der Waals surface area contributed by atoms with Gasteiger partial charge >= 0.3 is 0 Å². The number of rotatable bonds is 6. The fraction of sp³-hybridized carbons (Fsp3) is 0.278. The van der Waals surface area contributed by atoms with Gasteiger partial charge in [-0.25, -0.2) is 0 Å². The molecule has 0 heterocycles. The summed E-state index contributed by atoms with van der Waals surface area (Å²) in [6, 6.07) is 11.8. The Morgan fingerprint density at radius 2 is 2.00 bits per heavy atom. The molecule has 2 aromatic carbocycles. The minimum Gasteiger partial charge on any atom is -0.365 e. The molecule has 0 atom stereocenters. The third-order valence-electron chi connectivity index (χ3n) is 3.57. The third kappa shape index (κ3) is 4.93. The summed E-state index contributed by atoms with van der Waals surface area (Å²) in [4.78, 5) is 24.8. The quantitative estimate of drug-likeness (QED) is 0.622. The SMILES string of the molecule is CC(C)NC(=O)c1ccc(N(C)Cc2cccc(Cl)c2)c([N+](=O)[O-])c1. The van der Waals surface area contributed by atoms with Crippen LogP contribution in [0.3, 0.4) is 0 Å². The van der Waals surface area contributed by atoms with Crippen LogP contribution in [-0.4, -0.2) is 23.9 Å². The van der Waals surface area contributed by atoms with Gasteiger partial charge in [-0.05, 0) is 43.7 Å². The molecule has 0 fully saturated rings. The molecule has 2 aromatic rings. The van der Waals surface area contributed by atoms with Crippen LogP contribution in [0.15, 0.2) is 42.5 Å². The molecule has 0 aliphatic rings. The van der Waals surface area contributed by atoms with Crippen molar-refractivity contribution in [1.82, 2.24) is 5.32 Å². The van der Waals surface area contributed by atoms with Crippen LogP contribution in [0.5, 0.6) is 0 Å². The maximum Gasteiger partial charge on any atom is 0.293 e. The van der Waals surface area contributed by atoms with Crippen molar-refractivity contribution in [2.75, 3.05) is 11.9 Å². The summed E-state index contributed by atoms with van der Waals surface area (Å²) in [5.74, 6) is -0.331. The number of anilines is 1. The number of halogens is 1. The molecule has 0 radical (unpaired) electrons. The number of benzene rings is 2. The number of carbonyl (C=O) groups is 1. The van der Waals surface area contributed by atoms with Crippen LogP contribution in [-0.2, 0) is 6.54 Å². The molecule has 1 N–H and O–H groups in total. The zero-order chi connectivity index (χ0) is 18.6. The Bertz CT molecular complexity index is 793. The number of nitrogens with zero attached hydrogens (tertiary/aromatic N) is 2. The van der Waals surface area contributed by atoms with Gasteiger partial charge in [-0.2, -0.15) is 0 Å². The number of amides is 1. The second-order valence-electron chi connectivity index (χ2n) is 6.07. The van der Waals surface area contributed by atoms with Crippen molar-refractivity contribution >= 4 is 28.9 Å². The molecule has 25 heavy (non-hydrogen) atoms. The van der Waals surface area contributed by atoms with E-state index in [1.54, 1.807) is 30.1 Å². The van der Waals surface area contributed by atoms with Gasteiger partial charge in [0.05, 0.1) is 4.92 Å². The van der Waals surface area contributed by atoms with Crippen LogP contribution in [0.1, 0.15) is 29.8 Å². The van der Waals surface area contributed by atoms with Gasteiger partial charge in [-0.1, -0.05) is 23.7 Å². The fourth-order valence-corrected chi connectivity index (χ4v) is 2.69. The lowest BCUT2D eigenvalue weighted by Gasteiger charge is -2.20. The highest BCUT2D eigenvalue weighted by Crippen LogP contribution is 2.29. The van der Waals surface area contributed by atoms with Crippen LogP contribution in [0.2, 0.25) is 5.02 Å². The molecule has 0 aliphatic carbocycles. The van der Waals surface area contributed by atoms with Gasteiger partial charge in [-0.3, -0.25) is 14.9 Å². The van der Waals surface area contributed by atoms with Gasteiger partial charge in [-0.15, -0.1) is 0 Å². The molecule has 0 aliphatic heterocycles. The Balaban J connectivity index is 2.30. The molecule has 0 bridgehead atoms. The average Bonchev–Trinajstić information content (AvgIpc) is 2.53. The van der Waals surface area contributed by atoms with Crippen molar-refractivity contribution < 1.29 is 9.72 Å². The van der Waals surface area contributed by atoms with E-state index in [1.807, 2.05) is 32.0 Å². The highest BCUT2D eigenvalue weighted by atomic mass is 35.5. The number of hydrogen-bond donors (Lipinski definition) is 1. The number of nitrogens with one attached hydrogen (secondary N) is 1. The average molecular weight is 362 g/mol. The fourth-order valence-electron chi connectivity index (χ4n) is 2.47. The van der Waals surface area contributed by atoms with Gasteiger partial charge < -0.3 is 10.2 Å². The van der Waals surface area contributed by atoms with Gasteiger partial charge in [0, 0.05) is 36.3 Å². The summed E-state index contributed by atoms with van der Waals surface area (Å²) in [6.07, 6.45) is 0. The van der Waals surface area contributed by atoms with Crippen LogP contribution in [0.4, 0.5) is 11.4 Å². The first-order valence-electron chi connectivity index (χ1n) is 7.83. The largest absolute Gasteiger partial charge is 0.365 e. The Kier molecular flexibility index (Phi) is 5.98. The van der Waals surface area contributed by atoms with E-state index in [1.165, 1.54) is 6.07 Å². The molecule has 132 valence electrons. The summed E-state index contributed by atoms with van der Waals surface area (Å²) in [5.41, 5.74) is 1.53. The summed E-state index contributed by atoms with van der Waals surface area (Å²) in [7, 11) is 1.76. The molecule has 0 spiro atoms. The smallest absolute Gasteiger partial charge is 0.293 e. The molecule has 6 nitrogen and oxygen atoms in total. The van der Waals surface area contributed by atoms with E-state index in [4.69, 9.17) is 11.6 Å². The van der Waals surface area contributed by atoms with Crippen molar-refractivity contribution in [3.8, 4) is 0 Å². The molecular weight excluding hydrogens is 342 g/mol. The van der Waals surface area contributed by atoms with Crippen LogP contribution >= 0.6 is 11.6 Å². The molecule has 0 aromatic heterocycles. The first kappa shape index (κ1) is 18.7. The third-order valence-corrected chi connectivity index (χ3v) is 3.81. The first-order chi connectivity index (χ1) is 11.8. The Hall–Kier alpha value is -2.60. The zero-order valence-electron chi connectivity index (χ0n) is 14.3. The molecule has 1 amide bonds. The summed E-state index contributed by atoms with van der Waals surface area (Å²) in [6.45, 7) is 4.12. The minimum absolute atomic E-state index is 0.0447. The maximum atomic E-state index is 12.1. The monoisotopic (exact) mass is 361 g/mol. The Morgan fingerprint density at radius 1 is 1.28 bits per heavy atom. The molecule has 0 unspecified atom stereocenters. The summed E-state index contributed by atoms with van der Waals surface area (Å²) >= 11 is 5.98. The molecule has 2 rings (SSSR count). The predicted octanol–water partition coefficient (Wildman–Crippen LogP) is 4.02. The lowest BCUT2D eigenvalue weighted by Crippen LogP contribution is -2.30. The zero-order valence-corrected chi connectivity index (χ0v) is 15.1. The Morgan fingerprint density at radius 3 is 2.60 bits per heavy atom. The topological polar surface area (TPSA) is 75.5 Å². The number of nitro benzene ring substituents is 1. The van der Waals surface area contributed by atoms with Gasteiger partial charge in [0.25, 0.3) is 11.6 Å². The lowest BCUT2D eigenvalue weighted by molar-refractivity contribution is -0.384. The van der Waals surface area contributed by atoms with Crippen LogP contribution in [0, 0.1) is 10.1 Å².